The summed E-state index contributed by atoms with van der Waals surface area (Å²) < 4.78 is 5.86. The molecule has 0 fully saturated rings. The first-order chi connectivity index (χ1) is 9.13. The normalized spacial score (nSPS) is 12.6. The van der Waals surface area contributed by atoms with Crippen molar-refractivity contribution >= 4 is 34.7 Å². The largest absolute Gasteiger partial charge is 0.490 e. The van der Waals surface area contributed by atoms with Crippen molar-refractivity contribution < 1.29 is 4.74 Å². The highest BCUT2D eigenvalue weighted by Gasteiger charge is 2.19. The van der Waals surface area contributed by atoms with Crippen LogP contribution in [-0.2, 0) is 0 Å². The van der Waals surface area contributed by atoms with Gasteiger partial charge in [-0.15, -0.1) is 0 Å². The number of nitrogens with one attached hydrogen (secondary N) is 1. The highest BCUT2D eigenvalue weighted by molar-refractivity contribution is 7.99. The van der Waals surface area contributed by atoms with Gasteiger partial charge in [0.25, 0.3) is 0 Å². The maximum Gasteiger partial charge on any atom is 0.135 e. The van der Waals surface area contributed by atoms with Gasteiger partial charge in [-0.3, -0.25) is 0 Å². The molecule has 1 aliphatic heterocycles. The summed E-state index contributed by atoms with van der Waals surface area (Å²) in [4.78, 5) is 2.29. The van der Waals surface area contributed by atoms with Crippen molar-refractivity contribution in [1.82, 2.24) is 0 Å². The SMILES string of the molecule is CC(C)Oc1cccc2c1Sc1ccc(Cl)cc1N2. The van der Waals surface area contributed by atoms with Gasteiger partial charge in [-0.05, 0) is 44.2 Å². The molecule has 2 aromatic carbocycles. The van der Waals surface area contributed by atoms with Crippen LogP contribution in [0.5, 0.6) is 5.75 Å². The van der Waals surface area contributed by atoms with Gasteiger partial charge in [0.05, 0.1) is 22.4 Å². The van der Waals surface area contributed by atoms with Crippen LogP contribution in [0.25, 0.3) is 0 Å². The number of hydrogen-bond acceptors (Lipinski definition) is 3. The van der Waals surface area contributed by atoms with Gasteiger partial charge < -0.3 is 10.1 Å². The van der Waals surface area contributed by atoms with Crippen LogP contribution in [0, 0.1) is 0 Å². The maximum absolute atomic E-state index is 6.03. The molecule has 0 saturated heterocycles. The molecule has 0 unspecified atom stereocenters. The van der Waals surface area contributed by atoms with Gasteiger partial charge in [0.2, 0.25) is 0 Å². The van der Waals surface area contributed by atoms with E-state index in [1.165, 1.54) is 0 Å². The fourth-order valence-electron chi connectivity index (χ4n) is 2.01. The van der Waals surface area contributed by atoms with Gasteiger partial charge >= 0.3 is 0 Å². The van der Waals surface area contributed by atoms with Crippen molar-refractivity contribution in [3.8, 4) is 5.75 Å². The van der Waals surface area contributed by atoms with Crippen LogP contribution in [0.3, 0.4) is 0 Å². The topological polar surface area (TPSA) is 21.3 Å². The molecule has 0 saturated carbocycles. The summed E-state index contributed by atoms with van der Waals surface area (Å²) in [6.07, 6.45) is 0.165. The molecule has 1 heterocycles. The number of halogens is 1. The van der Waals surface area contributed by atoms with Gasteiger partial charge in [-0.1, -0.05) is 29.4 Å². The maximum atomic E-state index is 6.03. The molecule has 2 nitrogen and oxygen atoms in total. The molecule has 0 atom stereocenters. The summed E-state index contributed by atoms with van der Waals surface area (Å²) in [6, 6.07) is 12.0. The smallest absolute Gasteiger partial charge is 0.135 e. The number of fused-ring (bicyclic) bond motifs is 2. The number of ether oxygens (including phenoxy) is 1. The van der Waals surface area contributed by atoms with Crippen LogP contribution in [0.1, 0.15) is 13.8 Å². The quantitative estimate of drug-likeness (QED) is 0.689. The molecule has 19 heavy (non-hydrogen) atoms. The zero-order valence-corrected chi connectivity index (χ0v) is 12.3. The average Bonchev–Trinajstić information content (AvgIpc) is 2.36. The number of hydrogen-bond donors (Lipinski definition) is 1. The molecule has 98 valence electrons. The summed E-state index contributed by atoms with van der Waals surface area (Å²) in [7, 11) is 0. The van der Waals surface area contributed by atoms with Gasteiger partial charge in [0.15, 0.2) is 0 Å². The van der Waals surface area contributed by atoms with E-state index in [1.807, 2.05) is 44.2 Å². The molecule has 0 aromatic heterocycles. The highest BCUT2D eigenvalue weighted by Crippen LogP contribution is 2.48. The van der Waals surface area contributed by atoms with E-state index in [9.17, 15) is 0 Å². The lowest BCUT2D eigenvalue weighted by Gasteiger charge is -2.23. The lowest BCUT2D eigenvalue weighted by Crippen LogP contribution is -2.08. The first-order valence-electron chi connectivity index (χ1n) is 6.17. The third kappa shape index (κ3) is 2.53. The molecule has 0 aliphatic carbocycles. The first-order valence-corrected chi connectivity index (χ1v) is 7.37. The van der Waals surface area contributed by atoms with Crippen LogP contribution < -0.4 is 10.1 Å². The highest BCUT2D eigenvalue weighted by atomic mass is 35.5. The van der Waals surface area contributed by atoms with Crippen LogP contribution >= 0.6 is 23.4 Å². The molecule has 0 amide bonds. The van der Waals surface area contributed by atoms with E-state index in [1.54, 1.807) is 11.8 Å². The van der Waals surface area contributed by atoms with E-state index in [0.29, 0.717) is 0 Å². The molecule has 1 aliphatic rings. The molecule has 0 bridgehead atoms. The number of anilines is 2. The van der Waals surface area contributed by atoms with Crippen molar-refractivity contribution in [2.45, 2.75) is 29.7 Å². The Morgan fingerprint density at radius 1 is 1.16 bits per heavy atom. The number of benzene rings is 2. The third-order valence-corrected chi connectivity index (χ3v) is 4.20. The van der Waals surface area contributed by atoms with Crippen molar-refractivity contribution in [3.05, 3.63) is 41.4 Å². The van der Waals surface area contributed by atoms with Crippen LogP contribution in [0.4, 0.5) is 11.4 Å². The molecule has 3 rings (SSSR count). The Morgan fingerprint density at radius 2 is 2.00 bits per heavy atom. The lowest BCUT2D eigenvalue weighted by molar-refractivity contribution is 0.237. The van der Waals surface area contributed by atoms with Gasteiger partial charge in [-0.2, -0.15) is 0 Å². The van der Waals surface area contributed by atoms with E-state index in [0.717, 1.165) is 31.9 Å². The average molecular weight is 292 g/mol. The Morgan fingerprint density at radius 3 is 2.79 bits per heavy atom. The Bertz CT molecular complexity index is 628. The Kier molecular flexibility index (Phi) is 3.33. The third-order valence-electron chi connectivity index (χ3n) is 2.76. The van der Waals surface area contributed by atoms with E-state index in [4.69, 9.17) is 16.3 Å². The Labute approximate surface area is 122 Å². The molecule has 0 spiro atoms. The van der Waals surface area contributed by atoms with Crippen molar-refractivity contribution in [1.29, 1.82) is 0 Å². The second kappa shape index (κ2) is 4.99. The lowest BCUT2D eigenvalue weighted by atomic mass is 10.2. The summed E-state index contributed by atoms with van der Waals surface area (Å²) in [5, 5.41) is 4.15. The van der Waals surface area contributed by atoms with Gasteiger partial charge in [-0.25, -0.2) is 0 Å². The summed E-state index contributed by atoms with van der Waals surface area (Å²) >= 11 is 7.74. The predicted molar refractivity (Wildman–Crippen MR) is 81.1 cm³/mol. The monoisotopic (exact) mass is 291 g/mol. The zero-order chi connectivity index (χ0) is 13.4. The van der Waals surface area contributed by atoms with E-state index in [-0.39, 0.29) is 6.10 Å². The van der Waals surface area contributed by atoms with Crippen LogP contribution in [0.2, 0.25) is 5.02 Å². The van der Waals surface area contributed by atoms with Crippen molar-refractivity contribution in [2.24, 2.45) is 0 Å². The van der Waals surface area contributed by atoms with Crippen LogP contribution in [0.15, 0.2) is 46.2 Å². The molecule has 0 radical (unpaired) electrons. The van der Waals surface area contributed by atoms with Crippen molar-refractivity contribution in [3.63, 3.8) is 0 Å². The number of rotatable bonds is 2. The minimum absolute atomic E-state index is 0.165. The fourth-order valence-corrected chi connectivity index (χ4v) is 3.20. The summed E-state index contributed by atoms with van der Waals surface area (Å²) in [6.45, 7) is 4.07. The van der Waals surface area contributed by atoms with Gasteiger partial charge in [0.1, 0.15) is 5.75 Å². The predicted octanol–water partition coefficient (Wildman–Crippen LogP) is 5.34. The molecule has 4 heteroatoms. The minimum Gasteiger partial charge on any atom is -0.490 e. The fraction of sp³-hybridized carbons (Fsp3) is 0.200. The second-order valence-corrected chi connectivity index (χ2v) is 6.16. The standard InChI is InChI=1S/C15H14ClNOS/c1-9(2)18-13-5-3-4-11-15(13)19-14-7-6-10(16)8-12(14)17-11/h3-9,17H,1-2H3. The van der Waals surface area contributed by atoms with Crippen molar-refractivity contribution in [2.75, 3.05) is 5.32 Å². The minimum atomic E-state index is 0.165. The van der Waals surface area contributed by atoms with Crippen LogP contribution in [-0.4, -0.2) is 6.10 Å². The molecular formula is C15H14ClNOS. The first kappa shape index (κ1) is 12.7. The summed E-state index contributed by atoms with van der Waals surface area (Å²) in [5.74, 6) is 0.922. The zero-order valence-electron chi connectivity index (χ0n) is 10.7. The summed E-state index contributed by atoms with van der Waals surface area (Å²) in [5.41, 5.74) is 2.12. The van der Waals surface area contributed by atoms with E-state index < -0.39 is 0 Å². The van der Waals surface area contributed by atoms with E-state index >= 15 is 0 Å². The second-order valence-electron chi connectivity index (χ2n) is 4.67. The van der Waals surface area contributed by atoms with E-state index in [2.05, 4.69) is 11.4 Å². The molecule has 2 aromatic rings. The molecular weight excluding hydrogens is 278 g/mol. The Hall–Kier alpha value is -1.32. The molecule has 1 N–H and O–H groups in total. The Balaban J connectivity index is 2.02. The van der Waals surface area contributed by atoms with Gasteiger partial charge in [0, 0.05) is 9.92 Å².